The number of benzene rings is 2. The lowest BCUT2D eigenvalue weighted by Crippen LogP contribution is -2.27. The van der Waals surface area contributed by atoms with Crippen LogP contribution in [0.25, 0.3) is 5.69 Å². The van der Waals surface area contributed by atoms with Crippen molar-refractivity contribution in [2.45, 2.75) is 13.0 Å². The van der Waals surface area contributed by atoms with Gasteiger partial charge in [-0.15, -0.1) is 0 Å². The Morgan fingerprint density at radius 3 is 2.56 bits per heavy atom. The van der Waals surface area contributed by atoms with Gasteiger partial charge in [0.2, 0.25) is 5.91 Å². The monoisotopic (exact) mass is 365 g/mol. The fourth-order valence-corrected chi connectivity index (χ4v) is 2.90. The summed E-state index contributed by atoms with van der Waals surface area (Å²) in [7, 11) is 4.98. The summed E-state index contributed by atoms with van der Waals surface area (Å²) >= 11 is 0. The van der Waals surface area contributed by atoms with Crippen molar-refractivity contribution in [3.05, 3.63) is 72.1 Å². The summed E-state index contributed by atoms with van der Waals surface area (Å²) in [4.78, 5) is 14.3. The molecule has 27 heavy (non-hydrogen) atoms. The first-order chi connectivity index (χ1) is 13.1. The molecular formula is C21H23N3O3. The summed E-state index contributed by atoms with van der Waals surface area (Å²) in [5.41, 5.74) is 2.73. The minimum Gasteiger partial charge on any atom is -0.493 e. The van der Waals surface area contributed by atoms with Gasteiger partial charge in [0.15, 0.2) is 11.5 Å². The second-order valence-electron chi connectivity index (χ2n) is 6.21. The molecule has 6 heteroatoms. The zero-order chi connectivity index (χ0) is 19.2. The Morgan fingerprint density at radius 1 is 1.07 bits per heavy atom. The molecule has 0 aliphatic heterocycles. The molecular weight excluding hydrogens is 342 g/mol. The van der Waals surface area contributed by atoms with E-state index in [4.69, 9.17) is 9.47 Å². The molecule has 0 spiro atoms. The van der Waals surface area contributed by atoms with Crippen LogP contribution < -0.4 is 9.47 Å². The lowest BCUT2D eigenvalue weighted by Gasteiger charge is -2.19. The molecule has 0 atom stereocenters. The second-order valence-corrected chi connectivity index (χ2v) is 6.21. The molecule has 0 aliphatic carbocycles. The van der Waals surface area contributed by atoms with Gasteiger partial charge in [-0.1, -0.05) is 30.3 Å². The SMILES string of the molecule is COc1cccc(CN(C)C(=O)Cc2cnn(-c3ccccc3)c2)c1OC. The van der Waals surface area contributed by atoms with Crippen LogP contribution in [0.1, 0.15) is 11.1 Å². The van der Waals surface area contributed by atoms with Crippen molar-refractivity contribution in [1.82, 2.24) is 14.7 Å². The maximum Gasteiger partial charge on any atom is 0.227 e. The van der Waals surface area contributed by atoms with E-state index in [1.807, 2.05) is 54.7 Å². The fourth-order valence-electron chi connectivity index (χ4n) is 2.90. The van der Waals surface area contributed by atoms with E-state index >= 15 is 0 Å². The summed E-state index contributed by atoms with van der Waals surface area (Å²) < 4.78 is 12.5. The molecule has 0 radical (unpaired) electrons. The highest BCUT2D eigenvalue weighted by molar-refractivity contribution is 5.78. The van der Waals surface area contributed by atoms with Crippen LogP contribution in [0.15, 0.2) is 60.9 Å². The Bertz CT molecular complexity index is 906. The Labute approximate surface area is 158 Å². The number of carbonyl (C=O) groups is 1. The molecule has 1 heterocycles. The summed E-state index contributed by atoms with van der Waals surface area (Å²) in [6.45, 7) is 0.437. The van der Waals surface area contributed by atoms with Crippen molar-refractivity contribution < 1.29 is 14.3 Å². The number of likely N-dealkylation sites (N-methyl/N-ethyl adjacent to an activating group) is 1. The largest absolute Gasteiger partial charge is 0.493 e. The third-order valence-electron chi connectivity index (χ3n) is 4.33. The van der Waals surface area contributed by atoms with Crippen molar-refractivity contribution in [2.75, 3.05) is 21.3 Å². The molecule has 0 saturated carbocycles. The van der Waals surface area contributed by atoms with Gasteiger partial charge >= 0.3 is 0 Å². The van der Waals surface area contributed by atoms with Crippen LogP contribution in [0.2, 0.25) is 0 Å². The lowest BCUT2D eigenvalue weighted by molar-refractivity contribution is -0.129. The minimum atomic E-state index is 0.00693. The van der Waals surface area contributed by atoms with Crippen LogP contribution in [-0.2, 0) is 17.8 Å². The van der Waals surface area contributed by atoms with Crippen LogP contribution in [0.4, 0.5) is 0 Å². The molecule has 0 bridgehead atoms. The van der Waals surface area contributed by atoms with Gasteiger partial charge in [0.05, 0.1) is 32.5 Å². The zero-order valence-corrected chi connectivity index (χ0v) is 15.8. The first-order valence-corrected chi connectivity index (χ1v) is 8.65. The number of methoxy groups -OCH3 is 2. The van der Waals surface area contributed by atoms with Crippen LogP contribution >= 0.6 is 0 Å². The predicted octanol–water partition coefficient (Wildman–Crippen LogP) is 3.09. The zero-order valence-electron chi connectivity index (χ0n) is 15.8. The van der Waals surface area contributed by atoms with Gasteiger partial charge in [0.25, 0.3) is 0 Å². The van der Waals surface area contributed by atoms with Crippen molar-refractivity contribution in [2.24, 2.45) is 0 Å². The van der Waals surface area contributed by atoms with Gasteiger partial charge < -0.3 is 14.4 Å². The smallest absolute Gasteiger partial charge is 0.227 e. The fraction of sp³-hybridized carbons (Fsp3) is 0.238. The Kier molecular flexibility index (Phi) is 5.76. The third-order valence-corrected chi connectivity index (χ3v) is 4.33. The molecule has 0 N–H and O–H groups in total. The maximum atomic E-state index is 12.6. The number of para-hydroxylation sites is 2. The number of ether oxygens (including phenoxy) is 2. The molecule has 3 aromatic rings. The summed E-state index contributed by atoms with van der Waals surface area (Å²) in [5.74, 6) is 1.31. The molecule has 3 rings (SSSR count). The third kappa shape index (κ3) is 4.28. The van der Waals surface area contributed by atoms with Crippen LogP contribution in [0, 0.1) is 0 Å². The molecule has 0 saturated heterocycles. The highest BCUT2D eigenvalue weighted by Crippen LogP contribution is 2.31. The van der Waals surface area contributed by atoms with Crippen molar-refractivity contribution in [3.8, 4) is 17.2 Å². The summed E-state index contributed by atoms with van der Waals surface area (Å²) in [6.07, 6.45) is 3.90. The summed E-state index contributed by atoms with van der Waals surface area (Å²) in [6, 6.07) is 15.5. The normalized spacial score (nSPS) is 10.5. The van der Waals surface area contributed by atoms with E-state index in [1.165, 1.54) is 0 Å². The lowest BCUT2D eigenvalue weighted by atomic mass is 10.1. The van der Waals surface area contributed by atoms with Crippen molar-refractivity contribution in [3.63, 3.8) is 0 Å². The molecule has 2 aromatic carbocycles. The molecule has 1 aromatic heterocycles. The highest BCUT2D eigenvalue weighted by Gasteiger charge is 2.16. The van der Waals surface area contributed by atoms with E-state index in [9.17, 15) is 4.79 Å². The summed E-state index contributed by atoms with van der Waals surface area (Å²) in [5, 5.41) is 4.34. The van der Waals surface area contributed by atoms with Crippen LogP contribution in [0.3, 0.4) is 0 Å². The maximum absolute atomic E-state index is 12.6. The molecule has 0 aliphatic rings. The highest BCUT2D eigenvalue weighted by atomic mass is 16.5. The Balaban J connectivity index is 1.68. The van der Waals surface area contributed by atoms with Crippen molar-refractivity contribution >= 4 is 5.91 Å². The van der Waals surface area contributed by atoms with Gasteiger partial charge in [0, 0.05) is 25.4 Å². The van der Waals surface area contributed by atoms with Gasteiger partial charge in [-0.05, 0) is 23.8 Å². The number of nitrogens with zero attached hydrogens (tertiary/aromatic N) is 3. The molecule has 1 amide bonds. The van der Waals surface area contributed by atoms with Gasteiger partial charge in [-0.2, -0.15) is 5.10 Å². The quantitative estimate of drug-likeness (QED) is 0.646. The Morgan fingerprint density at radius 2 is 1.85 bits per heavy atom. The average molecular weight is 365 g/mol. The van der Waals surface area contributed by atoms with E-state index in [0.29, 0.717) is 18.0 Å². The number of aromatic nitrogens is 2. The van der Waals surface area contributed by atoms with E-state index < -0.39 is 0 Å². The molecule has 140 valence electrons. The number of amides is 1. The van der Waals surface area contributed by atoms with E-state index in [0.717, 1.165) is 16.8 Å². The van der Waals surface area contributed by atoms with Crippen molar-refractivity contribution in [1.29, 1.82) is 0 Å². The minimum absolute atomic E-state index is 0.00693. The first kappa shape index (κ1) is 18.5. The van der Waals surface area contributed by atoms with Gasteiger partial charge in [-0.3, -0.25) is 4.79 Å². The molecule has 0 fully saturated rings. The number of carbonyl (C=O) groups excluding carboxylic acids is 1. The predicted molar refractivity (Wildman–Crippen MR) is 103 cm³/mol. The van der Waals surface area contributed by atoms with E-state index in [-0.39, 0.29) is 12.3 Å². The van der Waals surface area contributed by atoms with E-state index in [1.54, 1.807) is 37.0 Å². The molecule has 6 nitrogen and oxygen atoms in total. The van der Waals surface area contributed by atoms with Gasteiger partial charge in [0.1, 0.15) is 0 Å². The number of hydrogen-bond donors (Lipinski definition) is 0. The van der Waals surface area contributed by atoms with Gasteiger partial charge in [-0.25, -0.2) is 4.68 Å². The standard InChI is InChI=1S/C21H23N3O3/c1-23(15-17-8-7-11-19(26-2)21(17)27-3)20(25)12-16-13-22-24(14-16)18-9-5-4-6-10-18/h4-11,13-14H,12,15H2,1-3H3. The first-order valence-electron chi connectivity index (χ1n) is 8.65. The van der Waals surface area contributed by atoms with E-state index in [2.05, 4.69) is 5.10 Å². The van der Waals surface area contributed by atoms with Crippen LogP contribution in [0.5, 0.6) is 11.5 Å². The molecule has 0 unspecified atom stereocenters. The number of hydrogen-bond acceptors (Lipinski definition) is 4. The Hall–Kier alpha value is -3.28. The second kappa shape index (κ2) is 8.40. The number of rotatable bonds is 7. The topological polar surface area (TPSA) is 56.6 Å². The van der Waals surface area contributed by atoms with Crippen LogP contribution in [-0.4, -0.2) is 41.9 Å². The average Bonchev–Trinajstić information content (AvgIpc) is 3.16.